The first-order valence-electron chi connectivity index (χ1n) is 11.8. The van der Waals surface area contributed by atoms with Crippen molar-refractivity contribution in [3.05, 3.63) is 126 Å². The second-order valence-electron chi connectivity index (χ2n) is 7.89. The van der Waals surface area contributed by atoms with Crippen molar-refractivity contribution in [2.45, 2.75) is 19.4 Å². The fourth-order valence-electron chi connectivity index (χ4n) is 4.27. The zero-order valence-corrected chi connectivity index (χ0v) is 20.9. The summed E-state index contributed by atoms with van der Waals surface area (Å²) >= 11 is 0. The molecule has 1 aromatic heterocycles. The van der Waals surface area contributed by atoms with Gasteiger partial charge in [-0.2, -0.15) is 5.10 Å². The summed E-state index contributed by atoms with van der Waals surface area (Å²) in [5.41, 5.74) is 2.47. The molecule has 0 aliphatic rings. The first-order valence-corrected chi connectivity index (χ1v) is 13.5. The van der Waals surface area contributed by atoms with Crippen molar-refractivity contribution in [2.24, 2.45) is 0 Å². The van der Waals surface area contributed by atoms with Crippen molar-refractivity contribution in [3.8, 4) is 0 Å². The van der Waals surface area contributed by atoms with Gasteiger partial charge in [0.2, 0.25) is 0 Å². The zero-order valence-electron chi connectivity index (χ0n) is 20.0. The lowest BCUT2D eigenvalue weighted by atomic mass is 9.77. The summed E-state index contributed by atoms with van der Waals surface area (Å²) in [6, 6.07) is 30.9. The van der Waals surface area contributed by atoms with Crippen LogP contribution in [0.4, 0.5) is 0 Å². The molecule has 0 fully saturated rings. The van der Waals surface area contributed by atoms with Crippen molar-refractivity contribution in [2.75, 3.05) is 19.4 Å². The van der Waals surface area contributed by atoms with Crippen LogP contribution >= 0.6 is 7.60 Å². The van der Waals surface area contributed by atoms with E-state index in [9.17, 15) is 4.57 Å². The molecule has 0 aliphatic carbocycles. The standard InChI is InChI=1S/C28H30N3O3P/c1-3-33-35(32,34-4-2)22-14-21-27-29-23-31(30-27)28(24-15-8-5-9-16-24,25-17-10-6-11-18-25)26-19-12-7-13-20-26/h5-21,23H,3-4,22H2,1-2H3/b21-14-. The highest BCUT2D eigenvalue weighted by Gasteiger charge is 2.39. The molecule has 4 rings (SSSR count). The molecule has 1 heterocycles. The predicted octanol–water partition coefficient (Wildman–Crippen LogP) is 6.40. The number of aromatic nitrogens is 3. The van der Waals surface area contributed by atoms with E-state index < -0.39 is 13.1 Å². The van der Waals surface area contributed by atoms with E-state index in [4.69, 9.17) is 14.1 Å². The molecule has 7 heteroatoms. The monoisotopic (exact) mass is 487 g/mol. The lowest BCUT2D eigenvalue weighted by molar-refractivity contribution is 0.222. The number of hydrogen-bond donors (Lipinski definition) is 0. The first kappa shape index (κ1) is 24.8. The number of allylic oxidation sites excluding steroid dienone is 1. The number of rotatable bonds is 11. The molecule has 0 saturated heterocycles. The van der Waals surface area contributed by atoms with E-state index in [1.165, 1.54) is 0 Å². The van der Waals surface area contributed by atoms with Crippen molar-refractivity contribution in [1.29, 1.82) is 0 Å². The van der Waals surface area contributed by atoms with Gasteiger partial charge >= 0.3 is 7.60 Å². The van der Waals surface area contributed by atoms with Gasteiger partial charge in [0, 0.05) is 0 Å². The first-order chi connectivity index (χ1) is 17.1. The maximum Gasteiger partial charge on any atom is 0.334 e. The zero-order chi connectivity index (χ0) is 24.6. The van der Waals surface area contributed by atoms with Crippen LogP contribution in [0.1, 0.15) is 36.4 Å². The summed E-state index contributed by atoms with van der Waals surface area (Å²) in [7, 11) is -3.17. The molecular weight excluding hydrogens is 457 g/mol. The average Bonchev–Trinajstić information content (AvgIpc) is 3.36. The van der Waals surface area contributed by atoms with Crippen LogP contribution in [-0.4, -0.2) is 34.1 Å². The molecule has 6 nitrogen and oxygen atoms in total. The Morgan fingerprint density at radius 3 is 1.69 bits per heavy atom. The van der Waals surface area contributed by atoms with E-state index in [1.807, 2.05) is 59.3 Å². The highest BCUT2D eigenvalue weighted by atomic mass is 31.2. The molecular formula is C28H30N3O3P. The molecule has 0 N–H and O–H groups in total. The van der Waals surface area contributed by atoms with E-state index >= 15 is 0 Å². The summed E-state index contributed by atoms with van der Waals surface area (Å²) < 4.78 is 25.4. The SMILES string of the molecule is CCOP(=O)(C/C=C\c1ncn(C(c2ccccc2)(c2ccccc2)c2ccccc2)n1)OCC. The van der Waals surface area contributed by atoms with E-state index in [2.05, 4.69) is 41.4 Å². The minimum atomic E-state index is -3.17. The van der Waals surface area contributed by atoms with Gasteiger partial charge in [-0.15, -0.1) is 0 Å². The maximum atomic E-state index is 12.8. The Kier molecular flexibility index (Phi) is 8.09. The molecule has 0 saturated carbocycles. The smallest absolute Gasteiger partial charge is 0.309 e. The third-order valence-electron chi connectivity index (χ3n) is 5.68. The molecule has 0 spiro atoms. The number of hydrogen-bond acceptors (Lipinski definition) is 5. The normalized spacial score (nSPS) is 12.3. The van der Waals surface area contributed by atoms with Crippen molar-refractivity contribution in [3.63, 3.8) is 0 Å². The Morgan fingerprint density at radius 1 is 0.800 bits per heavy atom. The third-order valence-corrected chi connectivity index (χ3v) is 7.64. The molecule has 0 bridgehead atoms. The van der Waals surface area contributed by atoms with Crippen LogP contribution in [-0.2, 0) is 19.2 Å². The van der Waals surface area contributed by atoms with Gasteiger partial charge < -0.3 is 9.05 Å². The summed E-state index contributed by atoms with van der Waals surface area (Å²) in [5, 5.41) is 4.87. The van der Waals surface area contributed by atoms with Crippen LogP contribution in [0.15, 0.2) is 103 Å². The summed E-state index contributed by atoms with van der Waals surface area (Å²) in [5.74, 6) is 0.511. The van der Waals surface area contributed by atoms with Crippen LogP contribution < -0.4 is 0 Å². The van der Waals surface area contributed by atoms with Gasteiger partial charge in [-0.1, -0.05) is 97.1 Å². The largest absolute Gasteiger partial charge is 0.334 e. The van der Waals surface area contributed by atoms with Gasteiger partial charge in [-0.3, -0.25) is 4.57 Å². The average molecular weight is 488 g/mol. The maximum absolute atomic E-state index is 12.8. The number of benzene rings is 3. The molecule has 0 atom stereocenters. The fraction of sp³-hybridized carbons (Fsp3) is 0.214. The van der Waals surface area contributed by atoms with Gasteiger partial charge in [0.1, 0.15) is 11.9 Å². The Bertz CT molecular complexity index is 1170. The number of nitrogens with zero attached hydrogens (tertiary/aromatic N) is 3. The van der Waals surface area contributed by atoms with E-state index in [-0.39, 0.29) is 6.16 Å². The summed E-state index contributed by atoms with van der Waals surface area (Å²) in [6.07, 6.45) is 5.41. The van der Waals surface area contributed by atoms with Crippen molar-refractivity contribution in [1.82, 2.24) is 14.8 Å². The van der Waals surface area contributed by atoms with Crippen LogP contribution in [0.5, 0.6) is 0 Å². The highest BCUT2D eigenvalue weighted by molar-refractivity contribution is 7.54. The van der Waals surface area contributed by atoms with E-state index in [0.29, 0.717) is 19.0 Å². The lowest BCUT2D eigenvalue weighted by Crippen LogP contribution is -2.38. The Hall–Kier alpha value is -3.31. The molecule has 0 unspecified atom stereocenters. The lowest BCUT2D eigenvalue weighted by Gasteiger charge is -2.35. The topological polar surface area (TPSA) is 66.2 Å². The molecule has 180 valence electrons. The Labute approximate surface area is 206 Å². The van der Waals surface area contributed by atoms with Gasteiger partial charge in [-0.25, -0.2) is 9.67 Å². The quantitative estimate of drug-likeness (QED) is 0.181. The third kappa shape index (κ3) is 5.35. The molecule has 3 aromatic carbocycles. The van der Waals surface area contributed by atoms with Crippen molar-refractivity contribution >= 4 is 13.7 Å². The minimum Gasteiger partial charge on any atom is -0.309 e. The van der Waals surface area contributed by atoms with Crippen LogP contribution in [0.2, 0.25) is 0 Å². The van der Waals surface area contributed by atoms with Crippen LogP contribution in [0, 0.1) is 0 Å². The van der Waals surface area contributed by atoms with E-state index in [1.54, 1.807) is 32.3 Å². The minimum absolute atomic E-state index is 0.157. The summed E-state index contributed by atoms with van der Waals surface area (Å²) in [4.78, 5) is 4.56. The second-order valence-corrected chi connectivity index (χ2v) is 9.99. The molecule has 0 amide bonds. The molecule has 4 aromatic rings. The fourth-order valence-corrected chi connectivity index (χ4v) is 5.71. The van der Waals surface area contributed by atoms with Crippen LogP contribution in [0.25, 0.3) is 6.08 Å². The molecule has 0 aliphatic heterocycles. The highest BCUT2D eigenvalue weighted by Crippen LogP contribution is 2.48. The predicted molar refractivity (Wildman–Crippen MR) is 139 cm³/mol. The molecule has 35 heavy (non-hydrogen) atoms. The van der Waals surface area contributed by atoms with E-state index in [0.717, 1.165) is 16.7 Å². The Morgan fingerprint density at radius 2 is 1.26 bits per heavy atom. The molecule has 0 radical (unpaired) electrons. The van der Waals surface area contributed by atoms with Gasteiger partial charge in [0.15, 0.2) is 5.82 Å². The Balaban J connectivity index is 1.80. The van der Waals surface area contributed by atoms with Gasteiger partial charge in [0.25, 0.3) is 0 Å². The van der Waals surface area contributed by atoms with Gasteiger partial charge in [-0.05, 0) is 36.6 Å². The second kappa shape index (κ2) is 11.4. The van der Waals surface area contributed by atoms with Gasteiger partial charge in [0.05, 0.1) is 19.4 Å². The van der Waals surface area contributed by atoms with Crippen LogP contribution in [0.3, 0.4) is 0 Å². The van der Waals surface area contributed by atoms with Crippen molar-refractivity contribution < 1.29 is 13.6 Å². The summed E-state index contributed by atoms with van der Waals surface area (Å²) in [6.45, 7) is 4.25.